The van der Waals surface area contributed by atoms with Gasteiger partial charge in [0.15, 0.2) is 0 Å². The van der Waals surface area contributed by atoms with Gasteiger partial charge in [0.25, 0.3) is 0 Å². The molecule has 1 atom stereocenters. The Morgan fingerprint density at radius 2 is 2.00 bits per heavy atom. The van der Waals surface area contributed by atoms with E-state index in [1.54, 1.807) is 7.05 Å². The summed E-state index contributed by atoms with van der Waals surface area (Å²) in [6, 6.07) is 0.547. The predicted molar refractivity (Wildman–Crippen MR) is 58.4 cm³/mol. The Kier molecular flexibility index (Phi) is 5.05. The van der Waals surface area contributed by atoms with E-state index in [1.165, 1.54) is 17.7 Å². The number of rotatable bonds is 7. The van der Waals surface area contributed by atoms with Gasteiger partial charge in [-0.3, -0.25) is 4.90 Å². The molecule has 16 heavy (non-hydrogen) atoms. The Balaban J connectivity index is 2.33. The first-order chi connectivity index (χ1) is 7.42. The van der Waals surface area contributed by atoms with Gasteiger partial charge < -0.3 is 5.32 Å². The molecular formula is C11H21F3N2. The summed E-state index contributed by atoms with van der Waals surface area (Å²) < 4.78 is 36.8. The monoisotopic (exact) mass is 238 g/mol. The number of hydrogen-bond acceptors (Lipinski definition) is 2. The zero-order valence-electron chi connectivity index (χ0n) is 9.98. The highest BCUT2D eigenvalue weighted by atomic mass is 19.4. The van der Waals surface area contributed by atoms with Crippen LogP contribution in [0.4, 0.5) is 13.2 Å². The molecule has 1 saturated carbocycles. The molecule has 0 radical (unpaired) electrons. The molecule has 0 aromatic carbocycles. The Bertz CT molecular complexity index is 202. The van der Waals surface area contributed by atoms with Gasteiger partial charge in [-0.2, -0.15) is 13.2 Å². The van der Waals surface area contributed by atoms with Crippen molar-refractivity contribution in [3.63, 3.8) is 0 Å². The van der Waals surface area contributed by atoms with Gasteiger partial charge in [0.1, 0.15) is 0 Å². The van der Waals surface area contributed by atoms with E-state index in [1.807, 2.05) is 6.92 Å². The zero-order valence-corrected chi connectivity index (χ0v) is 9.98. The van der Waals surface area contributed by atoms with Crippen molar-refractivity contribution >= 4 is 0 Å². The fourth-order valence-electron chi connectivity index (χ4n) is 1.81. The topological polar surface area (TPSA) is 15.3 Å². The number of nitrogens with zero attached hydrogens (tertiary/aromatic N) is 1. The largest absolute Gasteiger partial charge is 0.401 e. The molecule has 1 fully saturated rings. The van der Waals surface area contributed by atoms with E-state index in [4.69, 9.17) is 0 Å². The fourth-order valence-corrected chi connectivity index (χ4v) is 1.81. The molecule has 0 aromatic heterocycles. The zero-order chi connectivity index (χ0) is 12.2. The molecule has 2 nitrogen and oxygen atoms in total. The molecule has 1 aliphatic carbocycles. The minimum absolute atomic E-state index is 0.00720. The second-order valence-corrected chi connectivity index (χ2v) is 4.66. The third-order valence-corrected chi connectivity index (χ3v) is 2.89. The first-order valence-corrected chi connectivity index (χ1v) is 5.92. The molecule has 0 bridgehead atoms. The summed E-state index contributed by atoms with van der Waals surface area (Å²) in [5.74, 6) is 0. The van der Waals surface area contributed by atoms with Crippen LogP contribution in [0, 0.1) is 0 Å². The van der Waals surface area contributed by atoms with E-state index in [9.17, 15) is 13.2 Å². The first kappa shape index (κ1) is 13.8. The standard InChI is InChI=1S/C11H21F3N2/c1-3-4-10(7-15-9-5-6-9)16(2)8-11(12,13)14/h9-10,15H,3-8H2,1-2H3. The number of hydrogen-bond donors (Lipinski definition) is 1. The Hall–Kier alpha value is -0.290. The Labute approximate surface area is 95.2 Å². The Morgan fingerprint density at radius 3 is 2.44 bits per heavy atom. The highest BCUT2D eigenvalue weighted by Gasteiger charge is 2.32. The second-order valence-electron chi connectivity index (χ2n) is 4.66. The van der Waals surface area contributed by atoms with Crippen molar-refractivity contribution in [3.8, 4) is 0 Å². The molecule has 0 saturated heterocycles. The molecule has 0 spiro atoms. The highest BCUT2D eigenvalue weighted by Crippen LogP contribution is 2.21. The number of nitrogens with one attached hydrogen (secondary N) is 1. The predicted octanol–water partition coefficient (Wildman–Crippen LogP) is 2.40. The maximum absolute atomic E-state index is 12.3. The lowest BCUT2D eigenvalue weighted by atomic mass is 10.1. The summed E-state index contributed by atoms with van der Waals surface area (Å²) in [6.45, 7) is 1.86. The number of halogens is 3. The van der Waals surface area contributed by atoms with Gasteiger partial charge in [-0.1, -0.05) is 13.3 Å². The van der Waals surface area contributed by atoms with E-state index < -0.39 is 12.7 Å². The van der Waals surface area contributed by atoms with Crippen molar-refractivity contribution in [3.05, 3.63) is 0 Å². The van der Waals surface area contributed by atoms with E-state index >= 15 is 0 Å². The lowest BCUT2D eigenvalue weighted by molar-refractivity contribution is -0.147. The molecular weight excluding hydrogens is 217 g/mol. The summed E-state index contributed by atoms with van der Waals surface area (Å²) >= 11 is 0. The molecule has 0 amide bonds. The Morgan fingerprint density at radius 1 is 1.38 bits per heavy atom. The summed E-state index contributed by atoms with van der Waals surface area (Å²) in [5.41, 5.74) is 0. The van der Waals surface area contributed by atoms with E-state index in [0.29, 0.717) is 12.6 Å². The molecule has 96 valence electrons. The third kappa shape index (κ3) is 5.70. The van der Waals surface area contributed by atoms with Crippen molar-refractivity contribution < 1.29 is 13.2 Å². The average molecular weight is 238 g/mol. The molecule has 1 N–H and O–H groups in total. The van der Waals surface area contributed by atoms with Crippen LogP contribution >= 0.6 is 0 Å². The van der Waals surface area contributed by atoms with E-state index in [-0.39, 0.29) is 6.04 Å². The number of alkyl halides is 3. The normalized spacial score (nSPS) is 19.1. The molecule has 1 rings (SSSR count). The van der Waals surface area contributed by atoms with Crippen molar-refractivity contribution in [1.29, 1.82) is 0 Å². The van der Waals surface area contributed by atoms with Gasteiger partial charge in [-0.05, 0) is 26.3 Å². The van der Waals surface area contributed by atoms with E-state index in [0.717, 1.165) is 12.8 Å². The average Bonchev–Trinajstić information content (AvgIpc) is 2.92. The van der Waals surface area contributed by atoms with Gasteiger partial charge in [0.2, 0.25) is 0 Å². The SMILES string of the molecule is CCCC(CNC1CC1)N(C)CC(F)(F)F. The summed E-state index contributed by atoms with van der Waals surface area (Å²) in [6.07, 6.45) is -0.0322. The molecule has 1 aliphatic rings. The van der Waals surface area contributed by atoms with Crippen LogP contribution in [0.15, 0.2) is 0 Å². The smallest absolute Gasteiger partial charge is 0.312 e. The summed E-state index contributed by atoms with van der Waals surface area (Å²) in [5, 5.41) is 3.30. The third-order valence-electron chi connectivity index (χ3n) is 2.89. The minimum atomic E-state index is -4.10. The van der Waals surface area contributed by atoms with Crippen molar-refractivity contribution in [1.82, 2.24) is 10.2 Å². The van der Waals surface area contributed by atoms with Crippen LogP contribution in [-0.4, -0.2) is 43.3 Å². The van der Waals surface area contributed by atoms with E-state index in [2.05, 4.69) is 5.32 Å². The number of likely N-dealkylation sites (N-methyl/N-ethyl adjacent to an activating group) is 1. The molecule has 0 heterocycles. The fraction of sp³-hybridized carbons (Fsp3) is 1.00. The van der Waals surface area contributed by atoms with Crippen molar-refractivity contribution in [2.45, 2.75) is 50.9 Å². The van der Waals surface area contributed by atoms with Crippen LogP contribution in [-0.2, 0) is 0 Å². The maximum Gasteiger partial charge on any atom is 0.401 e. The van der Waals surface area contributed by atoms with Crippen LogP contribution in [0.2, 0.25) is 0 Å². The molecule has 1 unspecified atom stereocenters. The minimum Gasteiger partial charge on any atom is -0.312 e. The molecule has 0 aliphatic heterocycles. The molecule has 5 heteroatoms. The van der Waals surface area contributed by atoms with Crippen LogP contribution in [0.25, 0.3) is 0 Å². The van der Waals surface area contributed by atoms with Gasteiger partial charge >= 0.3 is 6.18 Å². The van der Waals surface area contributed by atoms with Crippen LogP contribution < -0.4 is 5.32 Å². The van der Waals surface area contributed by atoms with Gasteiger partial charge in [-0.25, -0.2) is 0 Å². The first-order valence-electron chi connectivity index (χ1n) is 5.92. The van der Waals surface area contributed by atoms with Gasteiger partial charge in [-0.15, -0.1) is 0 Å². The summed E-state index contributed by atoms with van der Waals surface area (Å²) in [4.78, 5) is 1.42. The van der Waals surface area contributed by atoms with Crippen molar-refractivity contribution in [2.24, 2.45) is 0 Å². The quantitative estimate of drug-likeness (QED) is 0.732. The van der Waals surface area contributed by atoms with Crippen LogP contribution in [0.3, 0.4) is 0 Å². The van der Waals surface area contributed by atoms with Crippen LogP contribution in [0.5, 0.6) is 0 Å². The second kappa shape index (κ2) is 5.87. The highest BCUT2D eigenvalue weighted by molar-refractivity contribution is 4.84. The lowest BCUT2D eigenvalue weighted by Gasteiger charge is -2.29. The van der Waals surface area contributed by atoms with Gasteiger partial charge in [0.05, 0.1) is 6.54 Å². The van der Waals surface area contributed by atoms with Gasteiger partial charge in [0, 0.05) is 18.6 Å². The van der Waals surface area contributed by atoms with Crippen molar-refractivity contribution in [2.75, 3.05) is 20.1 Å². The lowest BCUT2D eigenvalue weighted by Crippen LogP contribution is -2.44. The molecule has 0 aromatic rings. The van der Waals surface area contributed by atoms with Crippen LogP contribution in [0.1, 0.15) is 32.6 Å². The maximum atomic E-state index is 12.3. The summed E-state index contributed by atoms with van der Waals surface area (Å²) in [7, 11) is 1.56.